The summed E-state index contributed by atoms with van der Waals surface area (Å²) in [5.74, 6) is 4.70. The molecule has 14 heavy (non-hydrogen) atoms. The lowest BCUT2D eigenvalue weighted by Gasteiger charge is -2.32. The molecule has 4 atom stereocenters. The minimum absolute atomic E-state index is 0. The van der Waals surface area contributed by atoms with E-state index in [-0.39, 0.29) is 5.48 Å². The van der Waals surface area contributed by atoms with Crippen molar-refractivity contribution in [3.8, 4) is 0 Å². The van der Waals surface area contributed by atoms with E-state index >= 15 is 0 Å². The van der Waals surface area contributed by atoms with Gasteiger partial charge in [0.15, 0.2) is 0 Å². The normalized spacial score (nSPS) is 46.3. The van der Waals surface area contributed by atoms with Crippen molar-refractivity contribution in [2.75, 3.05) is 0 Å². The van der Waals surface area contributed by atoms with E-state index in [2.05, 4.69) is 0 Å². The maximum atomic E-state index is 1.62. The zero-order valence-electron chi connectivity index (χ0n) is 9.17. The predicted molar refractivity (Wildman–Crippen MR) is 59.1 cm³/mol. The van der Waals surface area contributed by atoms with Gasteiger partial charge in [-0.3, -0.25) is 0 Å². The molecular weight excluding hydrogens is 172 g/mol. The minimum atomic E-state index is 0. The molecule has 0 aromatic rings. The van der Waals surface area contributed by atoms with Crippen LogP contribution in [0.15, 0.2) is 0 Å². The van der Waals surface area contributed by atoms with Crippen LogP contribution in [0.5, 0.6) is 0 Å². The second-order valence-corrected chi connectivity index (χ2v) is 5.65. The summed E-state index contributed by atoms with van der Waals surface area (Å²) in [6.45, 7) is 0. The summed E-state index contributed by atoms with van der Waals surface area (Å²) >= 11 is 0. The zero-order chi connectivity index (χ0) is 8.67. The standard InChI is InChI=1S/C13H22.H2O/c1-3-7-12-10(5-1)9-11-6-2-4-8-13(11)12;/h10-13H,1-9H2;1H2. The summed E-state index contributed by atoms with van der Waals surface area (Å²) in [6, 6.07) is 0. The van der Waals surface area contributed by atoms with E-state index in [0.29, 0.717) is 0 Å². The quantitative estimate of drug-likeness (QED) is 0.570. The van der Waals surface area contributed by atoms with Crippen molar-refractivity contribution in [1.82, 2.24) is 0 Å². The van der Waals surface area contributed by atoms with Crippen molar-refractivity contribution < 1.29 is 5.48 Å². The monoisotopic (exact) mass is 196 g/mol. The van der Waals surface area contributed by atoms with Gasteiger partial charge in [0.25, 0.3) is 0 Å². The Hall–Kier alpha value is -0.0400. The van der Waals surface area contributed by atoms with Gasteiger partial charge in [0.05, 0.1) is 0 Å². The van der Waals surface area contributed by atoms with Crippen LogP contribution >= 0.6 is 0 Å². The minimum Gasteiger partial charge on any atom is -0.412 e. The van der Waals surface area contributed by atoms with Crippen LogP contribution in [-0.2, 0) is 0 Å². The average molecular weight is 196 g/mol. The molecular formula is C13H24O. The average Bonchev–Trinajstić information content (AvgIpc) is 2.56. The summed E-state index contributed by atoms with van der Waals surface area (Å²) in [7, 11) is 0. The van der Waals surface area contributed by atoms with Crippen LogP contribution in [0.4, 0.5) is 0 Å². The van der Waals surface area contributed by atoms with Crippen molar-refractivity contribution in [3.63, 3.8) is 0 Å². The van der Waals surface area contributed by atoms with Crippen LogP contribution in [-0.4, -0.2) is 5.48 Å². The van der Waals surface area contributed by atoms with Gasteiger partial charge < -0.3 is 5.48 Å². The van der Waals surface area contributed by atoms with Crippen LogP contribution in [0, 0.1) is 23.7 Å². The highest BCUT2D eigenvalue weighted by Gasteiger charge is 2.43. The highest BCUT2D eigenvalue weighted by molar-refractivity contribution is 4.94. The molecule has 0 aromatic carbocycles. The molecule has 3 saturated carbocycles. The Kier molecular flexibility index (Phi) is 3.16. The van der Waals surface area contributed by atoms with Gasteiger partial charge in [-0.25, -0.2) is 0 Å². The third-order valence-corrected chi connectivity index (χ3v) is 5.09. The van der Waals surface area contributed by atoms with Gasteiger partial charge >= 0.3 is 0 Å². The Bertz CT molecular complexity index is 170. The van der Waals surface area contributed by atoms with Crippen molar-refractivity contribution in [2.45, 2.75) is 57.8 Å². The van der Waals surface area contributed by atoms with Gasteiger partial charge in [-0.2, -0.15) is 0 Å². The molecule has 3 aliphatic carbocycles. The number of hydrogen-bond donors (Lipinski definition) is 0. The first-order chi connectivity index (χ1) is 6.45. The summed E-state index contributed by atoms with van der Waals surface area (Å²) in [4.78, 5) is 0. The van der Waals surface area contributed by atoms with Crippen LogP contribution in [0.1, 0.15) is 57.8 Å². The summed E-state index contributed by atoms with van der Waals surface area (Å²) < 4.78 is 0. The lowest BCUT2D eigenvalue weighted by molar-refractivity contribution is 0.184. The van der Waals surface area contributed by atoms with Crippen molar-refractivity contribution in [2.24, 2.45) is 23.7 Å². The summed E-state index contributed by atoms with van der Waals surface area (Å²) in [5.41, 5.74) is 0. The maximum absolute atomic E-state index is 1.62. The highest BCUT2D eigenvalue weighted by Crippen LogP contribution is 2.53. The van der Waals surface area contributed by atoms with Crippen molar-refractivity contribution >= 4 is 0 Å². The molecule has 82 valence electrons. The Balaban J connectivity index is 0.000000750. The Morgan fingerprint density at radius 1 is 0.571 bits per heavy atom. The molecule has 4 unspecified atom stereocenters. The lowest BCUT2D eigenvalue weighted by Crippen LogP contribution is -2.22. The van der Waals surface area contributed by atoms with Crippen molar-refractivity contribution in [3.05, 3.63) is 0 Å². The third kappa shape index (κ3) is 1.60. The summed E-state index contributed by atoms with van der Waals surface area (Å²) in [5, 5.41) is 0. The summed E-state index contributed by atoms with van der Waals surface area (Å²) in [6.07, 6.45) is 14.1. The smallest absolute Gasteiger partial charge is 0.0355 e. The first kappa shape index (κ1) is 10.5. The van der Waals surface area contributed by atoms with E-state index in [9.17, 15) is 0 Å². The van der Waals surface area contributed by atoms with Crippen molar-refractivity contribution in [1.29, 1.82) is 0 Å². The molecule has 0 radical (unpaired) electrons. The zero-order valence-corrected chi connectivity index (χ0v) is 9.17. The van der Waals surface area contributed by atoms with Crippen LogP contribution < -0.4 is 0 Å². The van der Waals surface area contributed by atoms with Crippen LogP contribution in [0.25, 0.3) is 0 Å². The second-order valence-electron chi connectivity index (χ2n) is 5.65. The molecule has 0 heterocycles. The molecule has 0 saturated heterocycles. The van der Waals surface area contributed by atoms with Gasteiger partial charge in [0, 0.05) is 0 Å². The SMILES string of the molecule is C1CCC2C(C1)CC1CCCCC12.O. The lowest BCUT2D eigenvalue weighted by atomic mass is 9.73. The van der Waals surface area contributed by atoms with E-state index < -0.39 is 0 Å². The van der Waals surface area contributed by atoms with E-state index in [1.807, 2.05) is 0 Å². The molecule has 1 heteroatoms. The van der Waals surface area contributed by atoms with Gasteiger partial charge in [-0.1, -0.05) is 38.5 Å². The fraction of sp³-hybridized carbons (Fsp3) is 1.00. The first-order valence-corrected chi connectivity index (χ1v) is 6.45. The van der Waals surface area contributed by atoms with E-state index in [0.717, 1.165) is 0 Å². The molecule has 3 fully saturated rings. The molecule has 0 spiro atoms. The van der Waals surface area contributed by atoms with Gasteiger partial charge in [0.1, 0.15) is 0 Å². The maximum Gasteiger partial charge on any atom is -0.0355 e. The van der Waals surface area contributed by atoms with Crippen LogP contribution in [0.3, 0.4) is 0 Å². The first-order valence-electron chi connectivity index (χ1n) is 6.45. The fourth-order valence-corrected chi connectivity index (χ4v) is 4.57. The van der Waals surface area contributed by atoms with E-state index in [4.69, 9.17) is 0 Å². The number of hydrogen-bond acceptors (Lipinski definition) is 0. The van der Waals surface area contributed by atoms with Gasteiger partial charge in [-0.05, 0) is 42.9 Å². The Morgan fingerprint density at radius 3 is 1.50 bits per heavy atom. The third-order valence-electron chi connectivity index (χ3n) is 5.09. The molecule has 1 nitrogen and oxygen atoms in total. The van der Waals surface area contributed by atoms with Gasteiger partial charge in [0.2, 0.25) is 0 Å². The van der Waals surface area contributed by atoms with Gasteiger partial charge in [-0.15, -0.1) is 0 Å². The van der Waals surface area contributed by atoms with E-state index in [1.54, 1.807) is 57.8 Å². The largest absolute Gasteiger partial charge is 0.412 e. The highest BCUT2D eigenvalue weighted by atomic mass is 16.0. The predicted octanol–water partition coefficient (Wildman–Crippen LogP) is 3.18. The molecule has 0 aliphatic heterocycles. The number of rotatable bonds is 0. The Labute approximate surface area is 87.6 Å². The van der Waals surface area contributed by atoms with E-state index in [1.165, 1.54) is 23.7 Å². The molecule has 2 N–H and O–H groups in total. The fourth-order valence-electron chi connectivity index (χ4n) is 4.57. The topological polar surface area (TPSA) is 31.5 Å². The Morgan fingerprint density at radius 2 is 1.00 bits per heavy atom. The molecule has 0 bridgehead atoms. The molecule has 3 aliphatic rings. The second kappa shape index (κ2) is 4.22. The molecule has 0 aromatic heterocycles. The van der Waals surface area contributed by atoms with Crippen LogP contribution in [0.2, 0.25) is 0 Å². The molecule has 3 rings (SSSR count). The molecule has 0 amide bonds. The number of fused-ring (bicyclic) bond motifs is 3.